The van der Waals surface area contributed by atoms with E-state index in [0.29, 0.717) is 35.6 Å². The Bertz CT molecular complexity index is 956. The van der Waals surface area contributed by atoms with Crippen molar-refractivity contribution in [2.24, 2.45) is 0 Å². The van der Waals surface area contributed by atoms with Gasteiger partial charge in [-0.15, -0.1) is 0 Å². The number of benzene rings is 2. The zero-order valence-electron chi connectivity index (χ0n) is 16.9. The van der Waals surface area contributed by atoms with Gasteiger partial charge in [-0.2, -0.15) is 0 Å². The largest absolute Gasteiger partial charge is 0.352 e. The van der Waals surface area contributed by atoms with Crippen molar-refractivity contribution < 1.29 is 18.0 Å². The molecule has 0 aliphatic carbocycles. The molecule has 0 aliphatic rings. The van der Waals surface area contributed by atoms with Gasteiger partial charge >= 0.3 is 0 Å². The van der Waals surface area contributed by atoms with Gasteiger partial charge in [0, 0.05) is 18.7 Å². The standard InChI is InChI=1S/C21H27N3O4S/c1-4-6-15-22-21(26)18-9-7-8-10-19(18)23-20(25)16-11-13-17(14-12-16)24(5-2)29(3,27)28/h7-14H,4-6,15H2,1-3H3,(H,22,26)(H,23,25). The zero-order valence-corrected chi connectivity index (χ0v) is 17.8. The van der Waals surface area contributed by atoms with E-state index in [2.05, 4.69) is 10.6 Å². The third-order valence-corrected chi connectivity index (χ3v) is 5.61. The van der Waals surface area contributed by atoms with Crippen molar-refractivity contribution in [2.45, 2.75) is 26.7 Å². The van der Waals surface area contributed by atoms with E-state index < -0.39 is 10.0 Å². The second-order valence-electron chi connectivity index (χ2n) is 6.58. The first-order valence-electron chi connectivity index (χ1n) is 9.54. The van der Waals surface area contributed by atoms with E-state index in [1.807, 2.05) is 6.92 Å². The normalized spacial score (nSPS) is 11.0. The molecule has 156 valence electrons. The van der Waals surface area contributed by atoms with Crippen molar-refractivity contribution in [3.63, 3.8) is 0 Å². The lowest BCUT2D eigenvalue weighted by molar-refractivity contribution is 0.0954. The summed E-state index contributed by atoms with van der Waals surface area (Å²) in [5.41, 5.74) is 1.66. The molecule has 0 radical (unpaired) electrons. The number of para-hydroxylation sites is 1. The highest BCUT2D eigenvalue weighted by atomic mass is 32.2. The second kappa shape index (κ2) is 10.1. The van der Waals surface area contributed by atoms with Crippen molar-refractivity contribution in [2.75, 3.05) is 29.0 Å². The van der Waals surface area contributed by atoms with Crippen LogP contribution < -0.4 is 14.9 Å². The van der Waals surface area contributed by atoms with Crippen LogP contribution in [-0.2, 0) is 10.0 Å². The van der Waals surface area contributed by atoms with Crippen molar-refractivity contribution in [1.29, 1.82) is 0 Å². The molecule has 7 nitrogen and oxygen atoms in total. The minimum absolute atomic E-state index is 0.239. The Labute approximate surface area is 172 Å². The number of amides is 2. The van der Waals surface area contributed by atoms with E-state index in [9.17, 15) is 18.0 Å². The summed E-state index contributed by atoms with van der Waals surface area (Å²) in [7, 11) is -3.39. The average molecular weight is 418 g/mol. The van der Waals surface area contributed by atoms with Crippen LogP contribution in [-0.4, -0.2) is 39.6 Å². The monoisotopic (exact) mass is 417 g/mol. The van der Waals surface area contributed by atoms with Crippen LogP contribution in [0.1, 0.15) is 47.4 Å². The molecule has 29 heavy (non-hydrogen) atoms. The average Bonchev–Trinajstić information content (AvgIpc) is 2.68. The molecule has 2 rings (SSSR count). The number of nitrogens with zero attached hydrogens (tertiary/aromatic N) is 1. The smallest absolute Gasteiger partial charge is 0.255 e. The lowest BCUT2D eigenvalue weighted by Crippen LogP contribution is -2.29. The van der Waals surface area contributed by atoms with E-state index in [4.69, 9.17) is 0 Å². The molecule has 0 bridgehead atoms. The molecule has 2 aromatic rings. The number of anilines is 2. The van der Waals surface area contributed by atoms with Crippen LogP contribution in [0.3, 0.4) is 0 Å². The number of carbonyl (C=O) groups is 2. The van der Waals surface area contributed by atoms with Gasteiger partial charge in [0.15, 0.2) is 0 Å². The van der Waals surface area contributed by atoms with Crippen LogP contribution >= 0.6 is 0 Å². The molecule has 2 N–H and O–H groups in total. The highest BCUT2D eigenvalue weighted by Crippen LogP contribution is 2.20. The summed E-state index contributed by atoms with van der Waals surface area (Å²) >= 11 is 0. The second-order valence-corrected chi connectivity index (χ2v) is 8.49. The summed E-state index contributed by atoms with van der Waals surface area (Å²) in [5.74, 6) is -0.621. The fourth-order valence-electron chi connectivity index (χ4n) is 2.85. The number of carbonyl (C=O) groups excluding carboxylic acids is 2. The molecule has 0 heterocycles. The molecule has 0 unspecified atom stereocenters. The van der Waals surface area contributed by atoms with E-state index in [-0.39, 0.29) is 11.8 Å². The predicted molar refractivity (Wildman–Crippen MR) is 116 cm³/mol. The van der Waals surface area contributed by atoms with Crippen LogP contribution in [0.25, 0.3) is 0 Å². The van der Waals surface area contributed by atoms with Crippen molar-refractivity contribution in [3.8, 4) is 0 Å². The van der Waals surface area contributed by atoms with Gasteiger partial charge in [0.2, 0.25) is 10.0 Å². The van der Waals surface area contributed by atoms with Crippen LogP contribution in [0.5, 0.6) is 0 Å². The molecule has 0 fully saturated rings. The first kappa shape index (κ1) is 22.4. The van der Waals surface area contributed by atoms with Gasteiger partial charge in [0.05, 0.1) is 23.2 Å². The molecule has 0 spiro atoms. The SMILES string of the molecule is CCCCNC(=O)c1ccccc1NC(=O)c1ccc(N(CC)S(C)(=O)=O)cc1. The summed E-state index contributed by atoms with van der Waals surface area (Å²) < 4.78 is 24.9. The maximum Gasteiger partial charge on any atom is 0.255 e. The Morgan fingerprint density at radius 2 is 1.62 bits per heavy atom. The van der Waals surface area contributed by atoms with Gasteiger partial charge < -0.3 is 10.6 Å². The molecule has 0 atom stereocenters. The van der Waals surface area contributed by atoms with Crippen molar-refractivity contribution in [1.82, 2.24) is 5.32 Å². The first-order valence-corrected chi connectivity index (χ1v) is 11.4. The van der Waals surface area contributed by atoms with Gasteiger partial charge in [0.1, 0.15) is 0 Å². The Hall–Kier alpha value is -2.87. The van der Waals surface area contributed by atoms with E-state index in [1.54, 1.807) is 55.5 Å². The number of nitrogens with one attached hydrogen (secondary N) is 2. The summed E-state index contributed by atoms with van der Waals surface area (Å²) in [6.45, 7) is 4.66. The summed E-state index contributed by atoms with van der Waals surface area (Å²) in [6.07, 6.45) is 3.00. The van der Waals surface area contributed by atoms with Crippen LogP contribution in [0.4, 0.5) is 11.4 Å². The Balaban J connectivity index is 2.16. The third-order valence-electron chi connectivity index (χ3n) is 4.34. The van der Waals surface area contributed by atoms with Crippen LogP contribution in [0.15, 0.2) is 48.5 Å². The van der Waals surface area contributed by atoms with Gasteiger partial charge in [-0.3, -0.25) is 13.9 Å². The van der Waals surface area contributed by atoms with E-state index in [1.165, 1.54) is 4.31 Å². The molecule has 0 saturated heterocycles. The number of hydrogen-bond donors (Lipinski definition) is 2. The predicted octanol–water partition coefficient (Wildman–Crippen LogP) is 3.25. The minimum Gasteiger partial charge on any atom is -0.352 e. The lowest BCUT2D eigenvalue weighted by atomic mass is 10.1. The van der Waals surface area contributed by atoms with Gasteiger partial charge in [-0.1, -0.05) is 25.5 Å². The molecule has 0 saturated carbocycles. The zero-order chi connectivity index (χ0) is 21.4. The molecule has 2 amide bonds. The first-order chi connectivity index (χ1) is 13.8. The number of rotatable bonds is 9. The quantitative estimate of drug-likeness (QED) is 0.612. The Kier molecular flexibility index (Phi) is 7.78. The maximum absolute atomic E-state index is 12.6. The maximum atomic E-state index is 12.6. The molecule has 2 aromatic carbocycles. The Morgan fingerprint density at radius 3 is 2.21 bits per heavy atom. The molecular weight excluding hydrogens is 390 g/mol. The molecule has 0 aliphatic heterocycles. The fourth-order valence-corrected chi connectivity index (χ4v) is 3.82. The molecule has 0 aromatic heterocycles. The third kappa shape index (κ3) is 6.05. The lowest BCUT2D eigenvalue weighted by Gasteiger charge is -2.20. The van der Waals surface area contributed by atoms with Gasteiger partial charge in [0.25, 0.3) is 11.8 Å². The summed E-state index contributed by atoms with van der Waals surface area (Å²) in [5, 5.41) is 5.60. The summed E-state index contributed by atoms with van der Waals surface area (Å²) in [6, 6.07) is 13.1. The van der Waals surface area contributed by atoms with Crippen LogP contribution in [0.2, 0.25) is 0 Å². The highest BCUT2D eigenvalue weighted by Gasteiger charge is 2.17. The number of unbranched alkanes of at least 4 members (excludes halogenated alkanes) is 1. The Morgan fingerprint density at radius 1 is 0.966 bits per heavy atom. The van der Waals surface area contributed by atoms with E-state index >= 15 is 0 Å². The summed E-state index contributed by atoms with van der Waals surface area (Å²) in [4.78, 5) is 25.0. The molecule has 8 heteroatoms. The van der Waals surface area contributed by atoms with Gasteiger partial charge in [-0.05, 0) is 49.7 Å². The van der Waals surface area contributed by atoms with Crippen molar-refractivity contribution >= 4 is 33.2 Å². The molecular formula is C21H27N3O4S. The highest BCUT2D eigenvalue weighted by molar-refractivity contribution is 7.92. The van der Waals surface area contributed by atoms with Crippen molar-refractivity contribution in [3.05, 3.63) is 59.7 Å². The minimum atomic E-state index is -3.39. The number of hydrogen-bond acceptors (Lipinski definition) is 4. The number of sulfonamides is 1. The fraction of sp³-hybridized carbons (Fsp3) is 0.333. The van der Waals surface area contributed by atoms with Crippen LogP contribution in [0, 0.1) is 0 Å². The van der Waals surface area contributed by atoms with E-state index in [0.717, 1.165) is 19.1 Å². The van der Waals surface area contributed by atoms with Gasteiger partial charge in [-0.25, -0.2) is 8.42 Å². The topological polar surface area (TPSA) is 95.6 Å².